The molecule has 18 heavy (non-hydrogen) atoms. The standard InChI is InChI=1S/C14H15NO3/c1-9-14(12(16)7-4-8-13(17)18)10-5-2-3-6-11(10)15-9/h2-3,5-6,15H,4,7-8H2,1H3,(H,17,18). The van der Waals surface area contributed by atoms with Crippen LogP contribution in [0, 0.1) is 6.92 Å². The van der Waals surface area contributed by atoms with Crippen molar-refractivity contribution in [3.8, 4) is 0 Å². The van der Waals surface area contributed by atoms with Gasteiger partial charge in [0.25, 0.3) is 0 Å². The molecule has 0 aliphatic carbocycles. The Hall–Kier alpha value is -2.10. The summed E-state index contributed by atoms with van der Waals surface area (Å²) in [5.74, 6) is -0.857. The molecule has 2 aromatic rings. The number of aryl methyl sites for hydroxylation is 1. The molecule has 0 saturated heterocycles. The predicted molar refractivity (Wildman–Crippen MR) is 68.9 cm³/mol. The Kier molecular flexibility index (Phi) is 3.46. The van der Waals surface area contributed by atoms with Gasteiger partial charge in [0.15, 0.2) is 5.78 Å². The average Bonchev–Trinajstić information content (AvgIpc) is 2.64. The first kappa shape index (κ1) is 12.4. The summed E-state index contributed by atoms with van der Waals surface area (Å²) in [6.07, 6.45) is 0.690. The number of Topliss-reactive ketones (excluding diaryl/α,β-unsaturated/α-hetero) is 1. The van der Waals surface area contributed by atoms with Crippen molar-refractivity contribution in [1.29, 1.82) is 0 Å². The predicted octanol–water partition coefficient (Wildman–Crippen LogP) is 2.91. The Labute approximate surface area is 105 Å². The fourth-order valence-corrected chi connectivity index (χ4v) is 2.16. The minimum Gasteiger partial charge on any atom is -0.481 e. The number of carboxylic acid groups (broad SMARTS) is 1. The molecular formula is C14H15NO3. The average molecular weight is 245 g/mol. The summed E-state index contributed by atoms with van der Waals surface area (Å²) < 4.78 is 0. The Morgan fingerprint density at radius 3 is 2.67 bits per heavy atom. The topological polar surface area (TPSA) is 70.2 Å². The second-order valence-electron chi connectivity index (χ2n) is 4.34. The number of carbonyl (C=O) groups excluding carboxylic acids is 1. The van der Waals surface area contributed by atoms with Crippen molar-refractivity contribution in [2.75, 3.05) is 0 Å². The van der Waals surface area contributed by atoms with E-state index < -0.39 is 5.97 Å². The number of nitrogens with one attached hydrogen (secondary N) is 1. The molecule has 0 unspecified atom stereocenters. The lowest BCUT2D eigenvalue weighted by Gasteiger charge is -2.00. The summed E-state index contributed by atoms with van der Waals surface area (Å²) in [5, 5.41) is 9.48. The zero-order chi connectivity index (χ0) is 13.1. The van der Waals surface area contributed by atoms with Crippen LogP contribution in [0.2, 0.25) is 0 Å². The molecule has 0 aliphatic heterocycles. The van der Waals surface area contributed by atoms with Gasteiger partial charge in [-0.05, 0) is 19.4 Å². The number of hydrogen-bond donors (Lipinski definition) is 2. The Bertz CT molecular complexity index is 598. The lowest BCUT2D eigenvalue weighted by atomic mass is 10.0. The van der Waals surface area contributed by atoms with Crippen LogP contribution in [0.1, 0.15) is 35.3 Å². The molecule has 0 fully saturated rings. The lowest BCUT2D eigenvalue weighted by molar-refractivity contribution is -0.137. The van der Waals surface area contributed by atoms with Gasteiger partial charge in [-0.15, -0.1) is 0 Å². The van der Waals surface area contributed by atoms with Crippen molar-refractivity contribution in [3.05, 3.63) is 35.5 Å². The number of fused-ring (bicyclic) bond motifs is 1. The van der Waals surface area contributed by atoms with Gasteiger partial charge in [-0.1, -0.05) is 18.2 Å². The van der Waals surface area contributed by atoms with Gasteiger partial charge >= 0.3 is 5.97 Å². The maximum Gasteiger partial charge on any atom is 0.303 e. The minimum atomic E-state index is -0.863. The highest BCUT2D eigenvalue weighted by atomic mass is 16.4. The van der Waals surface area contributed by atoms with Gasteiger partial charge < -0.3 is 10.1 Å². The van der Waals surface area contributed by atoms with Gasteiger partial charge in [0.1, 0.15) is 0 Å². The van der Waals surface area contributed by atoms with E-state index >= 15 is 0 Å². The fourth-order valence-electron chi connectivity index (χ4n) is 2.16. The first-order chi connectivity index (χ1) is 8.59. The minimum absolute atomic E-state index is 0.00574. The molecule has 0 radical (unpaired) electrons. The highest BCUT2D eigenvalue weighted by molar-refractivity contribution is 6.09. The molecule has 4 heteroatoms. The monoisotopic (exact) mass is 245 g/mol. The van der Waals surface area contributed by atoms with Crippen LogP contribution in [-0.2, 0) is 4.79 Å². The molecule has 94 valence electrons. The maximum absolute atomic E-state index is 12.1. The van der Waals surface area contributed by atoms with Gasteiger partial charge in [0, 0.05) is 35.0 Å². The van der Waals surface area contributed by atoms with Gasteiger partial charge in [-0.25, -0.2) is 0 Å². The van der Waals surface area contributed by atoms with Crippen LogP contribution in [0.15, 0.2) is 24.3 Å². The molecule has 1 aromatic heterocycles. The largest absolute Gasteiger partial charge is 0.481 e. The Balaban J connectivity index is 2.22. The van der Waals surface area contributed by atoms with Crippen LogP contribution in [0.3, 0.4) is 0 Å². The van der Waals surface area contributed by atoms with Crippen LogP contribution >= 0.6 is 0 Å². The van der Waals surface area contributed by atoms with Gasteiger partial charge in [0.05, 0.1) is 0 Å². The SMILES string of the molecule is Cc1[nH]c2ccccc2c1C(=O)CCCC(=O)O. The van der Waals surface area contributed by atoms with E-state index in [0.717, 1.165) is 16.6 Å². The van der Waals surface area contributed by atoms with E-state index in [1.54, 1.807) is 0 Å². The van der Waals surface area contributed by atoms with Crippen LogP contribution in [-0.4, -0.2) is 21.8 Å². The smallest absolute Gasteiger partial charge is 0.303 e. The van der Waals surface area contributed by atoms with Crippen molar-refractivity contribution in [2.24, 2.45) is 0 Å². The first-order valence-electron chi connectivity index (χ1n) is 5.92. The van der Waals surface area contributed by atoms with Gasteiger partial charge in [0.2, 0.25) is 0 Å². The number of H-pyrrole nitrogens is 1. The van der Waals surface area contributed by atoms with E-state index in [4.69, 9.17) is 5.11 Å². The number of aromatic nitrogens is 1. The summed E-state index contributed by atoms with van der Waals surface area (Å²) in [7, 11) is 0. The molecule has 0 bridgehead atoms. The number of para-hydroxylation sites is 1. The maximum atomic E-state index is 12.1. The number of rotatable bonds is 5. The molecule has 0 saturated carbocycles. The second-order valence-corrected chi connectivity index (χ2v) is 4.34. The number of hydrogen-bond acceptors (Lipinski definition) is 2. The fraction of sp³-hybridized carbons (Fsp3) is 0.286. The van der Waals surface area contributed by atoms with E-state index in [0.29, 0.717) is 12.0 Å². The second kappa shape index (κ2) is 5.04. The zero-order valence-electron chi connectivity index (χ0n) is 10.2. The third kappa shape index (κ3) is 2.42. The molecule has 0 atom stereocenters. The highest BCUT2D eigenvalue weighted by Crippen LogP contribution is 2.23. The van der Waals surface area contributed by atoms with E-state index in [2.05, 4.69) is 4.98 Å². The molecule has 2 N–H and O–H groups in total. The van der Waals surface area contributed by atoms with Crippen LogP contribution < -0.4 is 0 Å². The van der Waals surface area contributed by atoms with Crippen molar-refractivity contribution < 1.29 is 14.7 Å². The van der Waals surface area contributed by atoms with Crippen molar-refractivity contribution >= 4 is 22.7 Å². The number of benzene rings is 1. The van der Waals surface area contributed by atoms with Crippen molar-refractivity contribution in [2.45, 2.75) is 26.2 Å². The summed E-state index contributed by atoms with van der Waals surface area (Å²) >= 11 is 0. The summed E-state index contributed by atoms with van der Waals surface area (Å²) in [4.78, 5) is 25.7. The third-order valence-corrected chi connectivity index (χ3v) is 2.97. The molecule has 0 aliphatic rings. The molecule has 2 rings (SSSR count). The zero-order valence-corrected chi connectivity index (χ0v) is 10.2. The van der Waals surface area contributed by atoms with Gasteiger partial charge in [-0.2, -0.15) is 0 Å². The number of aromatic amines is 1. The van der Waals surface area contributed by atoms with Crippen LogP contribution in [0.25, 0.3) is 10.9 Å². The normalized spacial score (nSPS) is 10.7. The van der Waals surface area contributed by atoms with E-state index in [1.807, 2.05) is 31.2 Å². The van der Waals surface area contributed by atoms with Gasteiger partial charge in [-0.3, -0.25) is 9.59 Å². The Morgan fingerprint density at radius 1 is 1.22 bits per heavy atom. The van der Waals surface area contributed by atoms with Crippen LogP contribution in [0.4, 0.5) is 0 Å². The molecule has 4 nitrogen and oxygen atoms in total. The van der Waals surface area contributed by atoms with E-state index in [9.17, 15) is 9.59 Å². The molecular weight excluding hydrogens is 230 g/mol. The number of carbonyl (C=O) groups is 2. The Morgan fingerprint density at radius 2 is 1.94 bits per heavy atom. The number of aliphatic carboxylic acids is 1. The highest BCUT2D eigenvalue weighted by Gasteiger charge is 2.15. The molecule has 0 spiro atoms. The van der Waals surface area contributed by atoms with Crippen molar-refractivity contribution in [3.63, 3.8) is 0 Å². The lowest BCUT2D eigenvalue weighted by Crippen LogP contribution is -2.02. The quantitative estimate of drug-likeness (QED) is 0.796. The van der Waals surface area contributed by atoms with E-state index in [1.165, 1.54) is 0 Å². The summed E-state index contributed by atoms with van der Waals surface area (Å²) in [6.45, 7) is 1.87. The number of carboxylic acids is 1. The summed E-state index contributed by atoms with van der Waals surface area (Å²) in [5.41, 5.74) is 2.48. The molecule has 1 heterocycles. The molecule has 1 aromatic carbocycles. The van der Waals surface area contributed by atoms with E-state index in [-0.39, 0.29) is 18.6 Å². The van der Waals surface area contributed by atoms with Crippen LogP contribution in [0.5, 0.6) is 0 Å². The van der Waals surface area contributed by atoms with Crippen molar-refractivity contribution in [1.82, 2.24) is 4.98 Å². The molecule has 0 amide bonds. The summed E-state index contributed by atoms with van der Waals surface area (Å²) in [6, 6.07) is 7.64. The third-order valence-electron chi connectivity index (χ3n) is 2.97. The first-order valence-corrected chi connectivity index (χ1v) is 5.92. The number of ketones is 1.